The molecule has 0 aliphatic rings. The van der Waals surface area contributed by atoms with Crippen molar-refractivity contribution >= 4 is 36.7 Å². The molecule has 0 bridgehead atoms. The lowest BCUT2D eigenvalue weighted by Gasteiger charge is -2.32. The van der Waals surface area contributed by atoms with Crippen LogP contribution in [0.25, 0.3) is 5.32 Å². The molecule has 0 aliphatic heterocycles. The number of hydrogen-bond donors (Lipinski definition) is 0. The third kappa shape index (κ3) is 11.2. The zero-order chi connectivity index (χ0) is 16.5. The van der Waals surface area contributed by atoms with Gasteiger partial charge in [-0.15, -0.1) is 22.6 Å². The molecule has 0 heterocycles. The van der Waals surface area contributed by atoms with Gasteiger partial charge in [0, 0.05) is 13.1 Å². The van der Waals surface area contributed by atoms with E-state index in [1.165, 1.54) is 0 Å². The van der Waals surface area contributed by atoms with Gasteiger partial charge in [-0.3, -0.25) is 9.98 Å². The van der Waals surface area contributed by atoms with Crippen molar-refractivity contribution in [2.75, 3.05) is 26.2 Å². The van der Waals surface area contributed by atoms with Gasteiger partial charge in [-0.25, -0.2) is 0 Å². The molecule has 0 saturated carbocycles. The smallest absolute Gasteiger partial charge is 0.0371 e. The maximum absolute atomic E-state index is 5.33. The highest BCUT2D eigenvalue weighted by molar-refractivity contribution is 7.61. The quantitative estimate of drug-likeness (QED) is 0.348. The average Bonchev–Trinajstić information content (AvgIpc) is 2.33. The molecule has 0 spiro atoms. The van der Waals surface area contributed by atoms with Gasteiger partial charge in [0.15, 0.2) is 0 Å². The molecule has 0 unspecified atom stereocenters. The fraction of sp³-hybridized carbons (Fsp3) is 0.875. The lowest BCUT2D eigenvalue weighted by atomic mass is 10.1. The molecule has 0 amide bonds. The van der Waals surface area contributed by atoms with E-state index in [0.29, 0.717) is 0 Å². The first-order valence-electron chi connectivity index (χ1n) is 7.62. The number of hydrogen-bond acceptors (Lipinski definition) is 4. The summed E-state index contributed by atoms with van der Waals surface area (Å²) in [4.78, 5) is 9.00. The molecule has 0 aromatic rings. The Labute approximate surface area is 142 Å². The molecule has 0 rings (SSSR count). The standard InChI is InChI=1S/C16H32N3S2/c1-13(15(3,4)20)18-11-7-9-17-10-8-12-19-14(2)16(5,6)21/h20-21H,7-12H2,1-6H3/q-1/p-2. The Balaban J connectivity index is 3.63. The van der Waals surface area contributed by atoms with Crippen LogP contribution in [0.15, 0.2) is 9.98 Å². The summed E-state index contributed by atoms with van der Waals surface area (Å²) < 4.78 is -0.461. The van der Waals surface area contributed by atoms with Crippen LogP contribution in [0, 0.1) is 0 Å². The van der Waals surface area contributed by atoms with E-state index in [2.05, 4.69) is 15.3 Å². The Morgan fingerprint density at radius 1 is 0.810 bits per heavy atom. The van der Waals surface area contributed by atoms with Gasteiger partial charge in [0.05, 0.1) is 0 Å². The van der Waals surface area contributed by atoms with Crippen molar-refractivity contribution in [2.45, 2.75) is 63.9 Å². The fourth-order valence-corrected chi connectivity index (χ4v) is 1.48. The number of aliphatic imine (C=N–C) groups is 2. The molecule has 0 saturated heterocycles. The Hall–Kier alpha value is -0.000000000000000111. The molecule has 0 fully saturated rings. The molecule has 3 nitrogen and oxygen atoms in total. The minimum Gasteiger partial charge on any atom is -0.781 e. The van der Waals surface area contributed by atoms with Crippen molar-refractivity contribution in [1.82, 2.24) is 0 Å². The maximum atomic E-state index is 5.33. The highest BCUT2D eigenvalue weighted by Crippen LogP contribution is 2.07. The second kappa shape index (κ2) is 9.90. The van der Waals surface area contributed by atoms with Gasteiger partial charge in [-0.1, -0.05) is 40.5 Å². The summed E-state index contributed by atoms with van der Waals surface area (Å²) in [6.07, 6.45) is 1.98. The van der Waals surface area contributed by atoms with Crippen molar-refractivity contribution < 1.29 is 0 Å². The fourth-order valence-electron chi connectivity index (χ4n) is 1.35. The van der Waals surface area contributed by atoms with E-state index in [1.807, 2.05) is 41.5 Å². The van der Waals surface area contributed by atoms with Crippen molar-refractivity contribution in [3.63, 3.8) is 0 Å². The van der Waals surface area contributed by atoms with Crippen molar-refractivity contribution in [3.8, 4) is 0 Å². The summed E-state index contributed by atoms with van der Waals surface area (Å²) in [5.74, 6) is 0. The van der Waals surface area contributed by atoms with E-state index in [1.54, 1.807) is 0 Å². The van der Waals surface area contributed by atoms with Gasteiger partial charge in [0.2, 0.25) is 0 Å². The van der Waals surface area contributed by atoms with Crippen LogP contribution in [0.2, 0.25) is 0 Å². The minimum absolute atomic E-state index is 0.231. The van der Waals surface area contributed by atoms with Crippen LogP contribution in [-0.4, -0.2) is 47.1 Å². The van der Waals surface area contributed by atoms with Crippen molar-refractivity contribution in [2.24, 2.45) is 9.98 Å². The second-order valence-electron chi connectivity index (χ2n) is 6.33. The number of rotatable bonds is 10. The first kappa shape index (κ1) is 21.0. The monoisotopic (exact) mass is 328 g/mol. The summed E-state index contributed by atoms with van der Waals surface area (Å²) in [7, 11) is 0. The van der Waals surface area contributed by atoms with Gasteiger partial charge < -0.3 is 30.6 Å². The molecule has 0 N–H and O–H groups in total. The van der Waals surface area contributed by atoms with E-state index in [9.17, 15) is 0 Å². The van der Waals surface area contributed by atoms with Crippen LogP contribution in [0.3, 0.4) is 0 Å². The van der Waals surface area contributed by atoms with Gasteiger partial charge in [-0.05, 0) is 25.3 Å². The first-order chi connectivity index (χ1) is 9.55. The van der Waals surface area contributed by atoms with E-state index in [0.717, 1.165) is 50.4 Å². The molecule has 124 valence electrons. The highest BCUT2D eigenvalue weighted by atomic mass is 32.1. The van der Waals surface area contributed by atoms with Crippen molar-refractivity contribution in [1.29, 1.82) is 0 Å². The van der Waals surface area contributed by atoms with Crippen LogP contribution in [-0.2, 0) is 25.3 Å². The zero-order valence-corrected chi connectivity index (χ0v) is 16.0. The Morgan fingerprint density at radius 3 is 1.43 bits per heavy atom. The molecule has 5 heteroatoms. The molecule has 0 radical (unpaired) electrons. The lowest BCUT2D eigenvalue weighted by Crippen LogP contribution is -2.26. The first-order valence-corrected chi connectivity index (χ1v) is 8.44. The van der Waals surface area contributed by atoms with Crippen LogP contribution in [0.4, 0.5) is 0 Å². The summed E-state index contributed by atoms with van der Waals surface area (Å²) in [5.41, 5.74) is 2.07. The molecular weight excluding hydrogens is 298 g/mol. The Kier molecular flexibility index (Phi) is 9.90. The maximum Gasteiger partial charge on any atom is 0.0371 e. The predicted molar refractivity (Wildman–Crippen MR) is 101 cm³/mol. The summed E-state index contributed by atoms with van der Waals surface area (Å²) in [6.45, 7) is 15.4. The summed E-state index contributed by atoms with van der Waals surface area (Å²) in [6, 6.07) is 0. The normalized spacial score (nSPS) is 14.7. The summed E-state index contributed by atoms with van der Waals surface area (Å²) in [5, 5.41) is 4.50. The van der Waals surface area contributed by atoms with Crippen molar-refractivity contribution in [3.05, 3.63) is 5.32 Å². The van der Waals surface area contributed by atoms with E-state index >= 15 is 0 Å². The second-order valence-corrected chi connectivity index (χ2v) is 8.37. The molecule has 21 heavy (non-hydrogen) atoms. The van der Waals surface area contributed by atoms with Crippen LogP contribution in [0.5, 0.6) is 0 Å². The third-order valence-electron chi connectivity index (χ3n) is 3.39. The van der Waals surface area contributed by atoms with Crippen LogP contribution >= 0.6 is 0 Å². The minimum atomic E-state index is -0.231. The van der Waals surface area contributed by atoms with E-state index in [4.69, 9.17) is 25.3 Å². The third-order valence-corrected chi connectivity index (χ3v) is 3.98. The molecule has 0 aromatic heterocycles. The highest BCUT2D eigenvalue weighted by Gasteiger charge is 2.03. The topological polar surface area (TPSA) is 38.8 Å². The lowest BCUT2D eigenvalue weighted by molar-refractivity contribution is 0.811. The Bertz CT molecular complexity index is 316. The molecule has 0 atom stereocenters. The molecule has 0 aromatic carbocycles. The largest absolute Gasteiger partial charge is 0.781 e. The Morgan fingerprint density at radius 2 is 1.14 bits per heavy atom. The number of nitrogens with zero attached hydrogens (tertiary/aromatic N) is 3. The van der Waals surface area contributed by atoms with Crippen LogP contribution < -0.4 is 0 Å². The van der Waals surface area contributed by atoms with Crippen LogP contribution in [0.1, 0.15) is 54.4 Å². The average molecular weight is 329 g/mol. The molecular formula is C16H30N3S2-3. The summed E-state index contributed by atoms with van der Waals surface area (Å²) >= 11 is 10.7. The van der Waals surface area contributed by atoms with Gasteiger partial charge in [-0.2, -0.15) is 0 Å². The SMILES string of the molecule is CC(=NCCC[N-]CCCN=C(C)C(C)(C)[S-])C(C)(C)[S-]. The van der Waals surface area contributed by atoms with Gasteiger partial charge in [0.1, 0.15) is 0 Å². The zero-order valence-electron chi connectivity index (χ0n) is 14.4. The van der Waals surface area contributed by atoms with Gasteiger partial charge >= 0.3 is 0 Å². The predicted octanol–water partition coefficient (Wildman–Crippen LogP) is 3.71. The molecule has 0 aliphatic carbocycles. The van der Waals surface area contributed by atoms with E-state index < -0.39 is 0 Å². The van der Waals surface area contributed by atoms with E-state index in [-0.39, 0.29) is 9.49 Å². The van der Waals surface area contributed by atoms with Gasteiger partial charge in [0.25, 0.3) is 0 Å².